The SMILES string of the molecule is CCCOCC(=O)NC(C)CC(C)O. The summed E-state index contributed by atoms with van der Waals surface area (Å²) in [6.45, 7) is 6.28. The van der Waals surface area contributed by atoms with E-state index in [1.165, 1.54) is 0 Å². The number of ether oxygens (including phenoxy) is 1. The molecular formula is C10H21NO3. The summed E-state index contributed by atoms with van der Waals surface area (Å²) in [6, 6.07) is -0.00673. The van der Waals surface area contributed by atoms with Crippen LogP contribution in [-0.4, -0.2) is 36.4 Å². The molecule has 0 spiro atoms. The molecule has 0 aromatic heterocycles. The van der Waals surface area contributed by atoms with Gasteiger partial charge >= 0.3 is 0 Å². The minimum atomic E-state index is -0.387. The molecule has 84 valence electrons. The van der Waals surface area contributed by atoms with Crippen LogP contribution in [0.4, 0.5) is 0 Å². The molecule has 4 heteroatoms. The van der Waals surface area contributed by atoms with Crippen LogP contribution < -0.4 is 5.32 Å². The predicted octanol–water partition coefficient (Wildman–Crippen LogP) is 0.689. The van der Waals surface area contributed by atoms with Crippen LogP contribution in [0.1, 0.15) is 33.6 Å². The van der Waals surface area contributed by atoms with Gasteiger partial charge in [-0.3, -0.25) is 4.79 Å². The first-order chi connectivity index (χ1) is 6.56. The highest BCUT2D eigenvalue weighted by atomic mass is 16.5. The Kier molecular flexibility index (Phi) is 7.42. The number of aliphatic hydroxyl groups excluding tert-OH is 1. The fraction of sp³-hybridized carbons (Fsp3) is 0.900. The lowest BCUT2D eigenvalue weighted by Crippen LogP contribution is -2.37. The van der Waals surface area contributed by atoms with Crippen LogP contribution in [0, 0.1) is 0 Å². The summed E-state index contributed by atoms with van der Waals surface area (Å²) in [4.78, 5) is 11.2. The zero-order valence-corrected chi connectivity index (χ0v) is 9.25. The van der Waals surface area contributed by atoms with E-state index in [0.29, 0.717) is 13.0 Å². The summed E-state index contributed by atoms with van der Waals surface area (Å²) in [6.07, 6.45) is 1.10. The van der Waals surface area contributed by atoms with Crippen molar-refractivity contribution in [3.8, 4) is 0 Å². The number of nitrogens with one attached hydrogen (secondary N) is 1. The van der Waals surface area contributed by atoms with E-state index in [2.05, 4.69) is 5.32 Å². The van der Waals surface area contributed by atoms with Gasteiger partial charge in [0, 0.05) is 12.6 Å². The van der Waals surface area contributed by atoms with Gasteiger partial charge in [0.25, 0.3) is 0 Å². The van der Waals surface area contributed by atoms with Gasteiger partial charge < -0.3 is 15.2 Å². The van der Waals surface area contributed by atoms with Gasteiger partial charge in [0.15, 0.2) is 0 Å². The number of hydrogen-bond acceptors (Lipinski definition) is 3. The summed E-state index contributed by atoms with van der Waals surface area (Å²) in [5, 5.41) is 11.8. The summed E-state index contributed by atoms with van der Waals surface area (Å²) >= 11 is 0. The molecule has 4 nitrogen and oxygen atoms in total. The largest absolute Gasteiger partial charge is 0.393 e. The van der Waals surface area contributed by atoms with Crippen LogP contribution in [0.5, 0.6) is 0 Å². The Hall–Kier alpha value is -0.610. The molecule has 0 saturated heterocycles. The maximum absolute atomic E-state index is 11.2. The molecule has 0 aromatic carbocycles. The molecule has 0 heterocycles. The smallest absolute Gasteiger partial charge is 0.246 e. The third-order valence-corrected chi connectivity index (χ3v) is 1.68. The average molecular weight is 203 g/mol. The van der Waals surface area contributed by atoms with Gasteiger partial charge in [-0.15, -0.1) is 0 Å². The standard InChI is InChI=1S/C10H21NO3/c1-4-5-14-7-10(13)11-8(2)6-9(3)12/h8-9,12H,4-7H2,1-3H3,(H,11,13). The fourth-order valence-corrected chi connectivity index (χ4v) is 1.20. The maximum Gasteiger partial charge on any atom is 0.246 e. The molecule has 2 N–H and O–H groups in total. The van der Waals surface area contributed by atoms with E-state index in [0.717, 1.165) is 6.42 Å². The Bertz CT molecular complexity index is 159. The van der Waals surface area contributed by atoms with Gasteiger partial charge in [-0.2, -0.15) is 0 Å². The van der Waals surface area contributed by atoms with Gasteiger partial charge in [0.2, 0.25) is 5.91 Å². The molecule has 0 radical (unpaired) electrons. The predicted molar refractivity (Wildman–Crippen MR) is 55.0 cm³/mol. The summed E-state index contributed by atoms with van der Waals surface area (Å²) in [5.41, 5.74) is 0. The van der Waals surface area contributed by atoms with E-state index in [4.69, 9.17) is 9.84 Å². The first-order valence-electron chi connectivity index (χ1n) is 5.11. The molecule has 0 aliphatic carbocycles. The highest BCUT2D eigenvalue weighted by molar-refractivity contribution is 5.77. The van der Waals surface area contributed by atoms with Gasteiger partial charge in [-0.25, -0.2) is 0 Å². The van der Waals surface area contributed by atoms with Gasteiger partial charge in [-0.1, -0.05) is 6.92 Å². The molecular weight excluding hydrogens is 182 g/mol. The number of aliphatic hydroxyl groups is 1. The zero-order valence-electron chi connectivity index (χ0n) is 9.25. The number of rotatable bonds is 7. The van der Waals surface area contributed by atoms with E-state index in [1.54, 1.807) is 6.92 Å². The number of hydrogen-bond donors (Lipinski definition) is 2. The molecule has 0 aliphatic heterocycles. The van der Waals surface area contributed by atoms with Crippen molar-refractivity contribution in [2.24, 2.45) is 0 Å². The van der Waals surface area contributed by atoms with Gasteiger partial charge in [-0.05, 0) is 26.7 Å². The number of amides is 1. The van der Waals surface area contributed by atoms with Crippen LogP contribution in [0.3, 0.4) is 0 Å². The second-order valence-electron chi connectivity index (χ2n) is 3.61. The van der Waals surface area contributed by atoms with Crippen molar-refractivity contribution in [2.45, 2.75) is 45.8 Å². The first kappa shape index (κ1) is 13.4. The second kappa shape index (κ2) is 7.76. The monoisotopic (exact) mass is 203 g/mol. The second-order valence-corrected chi connectivity index (χ2v) is 3.61. The molecule has 0 rings (SSSR count). The number of carbonyl (C=O) groups is 1. The third kappa shape index (κ3) is 8.01. The fourth-order valence-electron chi connectivity index (χ4n) is 1.20. The quantitative estimate of drug-likeness (QED) is 0.598. The minimum Gasteiger partial charge on any atom is -0.393 e. The van der Waals surface area contributed by atoms with Crippen LogP contribution in [0.15, 0.2) is 0 Å². The molecule has 0 bridgehead atoms. The Balaban J connectivity index is 3.50. The van der Waals surface area contributed by atoms with Gasteiger partial charge in [0.05, 0.1) is 6.10 Å². The molecule has 0 aromatic rings. The van der Waals surface area contributed by atoms with E-state index in [9.17, 15) is 4.79 Å². The molecule has 2 atom stereocenters. The maximum atomic E-state index is 11.2. The van der Waals surface area contributed by atoms with Crippen molar-refractivity contribution in [3.05, 3.63) is 0 Å². The Morgan fingerprint density at radius 2 is 2.14 bits per heavy atom. The number of carbonyl (C=O) groups excluding carboxylic acids is 1. The average Bonchev–Trinajstić information content (AvgIpc) is 2.02. The van der Waals surface area contributed by atoms with Crippen LogP contribution >= 0.6 is 0 Å². The van der Waals surface area contributed by atoms with Crippen molar-refractivity contribution in [2.75, 3.05) is 13.2 Å². The lowest BCUT2D eigenvalue weighted by Gasteiger charge is -2.15. The lowest BCUT2D eigenvalue weighted by atomic mass is 10.1. The zero-order chi connectivity index (χ0) is 11.0. The van der Waals surface area contributed by atoms with Crippen molar-refractivity contribution in [3.63, 3.8) is 0 Å². The Labute approximate surface area is 85.6 Å². The summed E-state index contributed by atoms with van der Waals surface area (Å²) in [5.74, 6) is -0.119. The molecule has 0 aliphatic rings. The normalized spacial score (nSPS) is 14.9. The highest BCUT2D eigenvalue weighted by Crippen LogP contribution is 1.96. The van der Waals surface area contributed by atoms with Crippen molar-refractivity contribution in [1.29, 1.82) is 0 Å². The molecule has 1 amide bonds. The van der Waals surface area contributed by atoms with E-state index in [1.807, 2.05) is 13.8 Å². The van der Waals surface area contributed by atoms with Crippen LogP contribution in [0.25, 0.3) is 0 Å². The highest BCUT2D eigenvalue weighted by Gasteiger charge is 2.09. The minimum absolute atomic E-state index is 0.00673. The molecule has 0 saturated carbocycles. The Morgan fingerprint density at radius 3 is 2.64 bits per heavy atom. The first-order valence-corrected chi connectivity index (χ1v) is 5.11. The molecule has 2 unspecified atom stereocenters. The summed E-state index contributed by atoms with van der Waals surface area (Å²) < 4.78 is 5.08. The van der Waals surface area contributed by atoms with Crippen LogP contribution in [-0.2, 0) is 9.53 Å². The van der Waals surface area contributed by atoms with Crippen molar-refractivity contribution in [1.82, 2.24) is 5.32 Å². The molecule has 0 fully saturated rings. The van der Waals surface area contributed by atoms with E-state index < -0.39 is 0 Å². The van der Waals surface area contributed by atoms with Gasteiger partial charge in [0.1, 0.15) is 6.61 Å². The summed E-state index contributed by atoms with van der Waals surface area (Å²) in [7, 11) is 0. The van der Waals surface area contributed by atoms with E-state index in [-0.39, 0.29) is 24.7 Å². The molecule has 14 heavy (non-hydrogen) atoms. The van der Waals surface area contributed by atoms with Crippen molar-refractivity contribution >= 4 is 5.91 Å². The Morgan fingerprint density at radius 1 is 1.50 bits per heavy atom. The lowest BCUT2D eigenvalue weighted by molar-refractivity contribution is -0.126. The third-order valence-electron chi connectivity index (χ3n) is 1.68. The van der Waals surface area contributed by atoms with Crippen molar-refractivity contribution < 1.29 is 14.6 Å². The van der Waals surface area contributed by atoms with E-state index >= 15 is 0 Å². The topological polar surface area (TPSA) is 58.6 Å². The van der Waals surface area contributed by atoms with Crippen LogP contribution in [0.2, 0.25) is 0 Å².